The Kier molecular flexibility index (Phi) is 5.27. The van der Waals surface area contributed by atoms with Gasteiger partial charge >= 0.3 is 0 Å². The summed E-state index contributed by atoms with van der Waals surface area (Å²) in [5.74, 6) is 0. The van der Waals surface area contributed by atoms with Crippen LogP contribution in [0.4, 0.5) is 5.69 Å². The minimum Gasteiger partial charge on any atom is -0.279 e. The van der Waals surface area contributed by atoms with Crippen molar-refractivity contribution in [1.82, 2.24) is 0 Å². The van der Waals surface area contributed by atoms with Crippen LogP contribution in [-0.2, 0) is 44.5 Å². The van der Waals surface area contributed by atoms with E-state index in [1.807, 2.05) is 0 Å². The van der Waals surface area contributed by atoms with E-state index < -0.39 is 0 Å². The summed E-state index contributed by atoms with van der Waals surface area (Å²) < 4.78 is 2.38. The van der Waals surface area contributed by atoms with Crippen LogP contribution in [0, 0.1) is 6.92 Å². The van der Waals surface area contributed by atoms with Crippen molar-refractivity contribution in [3.05, 3.63) is 84.8 Å². The molecule has 1 heterocycles. The third-order valence-corrected chi connectivity index (χ3v) is 5.58. The SMILES string of the molecule is [CH2-]C[N+]1=C(C)C(C)(Cc2ccccc2)c2c1ccc1ccccc21.[Y]. The van der Waals surface area contributed by atoms with Crippen LogP contribution in [0.5, 0.6) is 0 Å². The van der Waals surface area contributed by atoms with E-state index in [-0.39, 0.29) is 38.1 Å². The first-order valence-electron chi connectivity index (χ1n) is 8.62. The average molecular weight is 402 g/mol. The van der Waals surface area contributed by atoms with Gasteiger partial charge in [-0.2, -0.15) is 0 Å². The first-order chi connectivity index (χ1) is 11.6. The summed E-state index contributed by atoms with van der Waals surface area (Å²) in [7, 11) is 0. The molecule has 0 aromatic heterocycles. The van der Waals surface area contributed by atoms with Gasteiger partial charge in [0.25, 0.3) is 0 Å². The summed E-state index contributed by atoms with van der Waals surface area (Å²) >= 11 is 0. The number of nitrogens with zero attached hydrogens (tertiary/aromatic N) is 1. The summed E-state index contributed by atoms with van der Waals surface area (Å²) in [5, 5.41) is 2.68. The molecule has 0 aliphatic carbocycles. The molecule has 3 aromatic rings. The molecule has 0 bridgehead atoms. The zero-order valence-corrected chi connectivity index (χ0v) is 17.8. The summed E-state index contributed by atoms with van der Waals surface area (Å²) in [6.45, 7) is 9.59. The third-order valence-electron chi connectivity index (χ3n) is 5.58. The summed E-state index contributed by atoms with van der Waals surface area (Å²) in [4.78, 5) is 0. The second-order valence-corrected chi connectivity index (χ2v) is 6.91. The summed E-state index contributed by atoms with van der Waals surface area (Å²) in [5.41, 5.74) is 5.54. The van der Waals surface area contributed by atoms with E-state index in [0.717, 1.165) is 13.0 Å². The number of benzene rings is 3. The summed E-state index contributed by atoms with van der Waals surface area (Å²) in [6, 6.07) is 24.0. The predicted octanol–water partition coefficient (Wildman–Crippen LogP) is 5.29. The van der Waals surface area contributed by atoms with Crippen LogP contribution < -0.4 is 0 Å². The third kappa shape index (κ3) is 2.92. The second-order valence-electron chi connectivity index (χ2n) is 6.91. The van der Waals surface area contributed by atoms with E-state index in [0.29, 0.717) is 0 Å². The standard InChI is InChI=1S/C23H23N.Y/c1-4-24-17(2)23(3,16-18-10-6-5-7-11-18)22-20-13-9-8-12-19(20)14-15-21(22)24;/h5-15H,1,4,16H2,2-3H3;. The molecule has 1 atom stereocenters. The van der Waals surface area contributed by atoms with Gasteiger partial charge < -0.3 is 0 Å². The molecule has 1 nitrogen and oxygen atoms in total. The van der Waals surface area contributed by atoms with Crippen molar-refractivity contribution in [3.63, 3.8) is 0 Å². The van der Waals surface area contributed by atoms with Gasteiger partial charge in [0.2, 0.25) is 5.69 Å². The first-order valence-corrected chi connectivity index (χ1v) is 8.62. The molecule has 4 rings (SSSR count). The average Bonchev–Trinajstić information content (AvgIpc) is 2.83. The van der Waals surface area contributed by atoms with Gasteiger partial charge in [-0.1, -0.05) is 54.6 Å². The molecule has 0 N–H and O–H groups in total. The fraction of sp³-hybridized carbons (Fsp3) is 0.217. The normalized spacial score (nSPS) is 19.0. The fourth-order valence-corrected chi connectivity index (χ4v) is 4.23. The number of hydrogen-bond acceptors (Lipinski definition) is 0. The van der Waals surface area contributed by atoms with Crippen LogP contribution in [0.25, 0.3) is 10.8 Å². The Morgan fingerprint density at radius 1 is 0.920 bits per heavy atom. The Balaban J connectivity index is 0.00000182. The van der Waals surface area contributed by atoms with Crippen LogP contribution in [0.1, 0.15) is 25.0 Å². The molecule has 25 heavy (non-hydrogen) atoms. The maximum absolute atomic E-state index is 4.17. The van der Waals surface area contributed by atoms with E-state index in [4.69, 9.17) is 0 Å². The number of rotatable bonds is 3. The quantitative estimate of drug-likeness (QED) is 0.414. The van der Waals surface area contributed by atoms with Crippen molar-refractivity contribution in [1.29, 1.82) is 0 Å². The molecule has 0 amide bonds. The van der Waals surface area contributed by atoms with Gasteiger partial charge in [-0.3, -0.25) is 6.92 Å². The van der Waals surface area contributed by atoms with Gasteiger partial charge in [0.15, 0.2) is 5.71 Å². The summed E-state index contributed by atoms with van der Waals surface area (Å²) in [6.07, 6.45) is 1.01. The molecule has 0 saturated carbocycles. The number of fused-ring (bicyclic) bond motifs is 3. The van der Waals surface area contributed by atoms with Gasteiger partial charge in [-0.25, -0.2) is 4.58 Å². The van der Waals surface area contributed by atoms with Gasteiger partial charge in [0.05, 0.1) is 5.41 Å². The van der Waals surface area contributed by atoms with E-state index in [2.05, 4.69) is 92.1 Å². The van der Waals surface area contributed by atoms with E-state index in [1.54, 1.807) is 0 Å². The Bertz CT molecular complexity index is 943. The van der Waals surface area contributed by atoms with E-state index in [1.165, 1.54) is 33.3 Å². The Morgan fingerprint density at radius 3 is 2.32 bits per heavy atom. The van der Waals surface area contributed by atoms with Crippen molar-refractivity contribution in [3.8, 4) is 0 Å². The van der Waals surface area contributed by atoms with E-state index >= 15 is 0 Å². The fourth-order valence-electron chi connectivity index (χ4n) is 4.23. The van der Waals surface area contributed by atoms with Crippen LogP contribution in [0.15, 0.2) is 66.7 Å². The van der Waals surface area contributed by atoms with Crippen LogP contribution in [0.3, 0.4) is 0 Å². The Morgan fingerprint density at radius 2 is 1.60 bits per heavy atom. The van der Waals surface area contributed by atoms with Gasteiger partial charge in [-0.15, -0.1) is 0 Å². The Labute approximate surface area is 175 Å². The van der Waals surface area contributed by atoms with Crippen LogP contribution in [-0.4, -0.2) is 16.8 Å². The van der Waals surface area contributed by atoms with Gasteiger partial charge in [-0.05, 0) is 35.7 Å². The largest absolute Gasteiger partial charge is 0.279 e. The predicted molar refractivity (Wildman–Crippen MR) is 102 cm³/mol. The minimum absolute atomic E-state index is 0. The molecule has 1 unspecified atom stereocenters. The molecule has 1 radical (unpaired) electrons. The molecular weight excluding hydrogens is 379 g/mol. The smallest absolute Gasteiger partial charge is 0.207 e. The molecule has 0 fully saturated rings. The monoisotopic (exact) mass is 402 g/mol. The second kappa shape index (κ2) is 7.13. The molecule has 0 spiro atoms. The molecular formula is C23H23NY. The topological polar surface area (TPSA) is 3.01 Å². The maximum Gasteiger partial charge on any atom is 0.207 e. The first kappa shape index (κ1) is 18.5. The molecule has 123 valence electrons. The maximum atomic E-state index is 4.17. The van der Waals surface area contributed by atoms with Crippen LogP contribution >= 0.6 is 0 Å². The van der Waals surface area contributed by atoms with Crippen LogP contribution in [0.2, 0.25) is 0 Å². The molecule has 2 heteroatoms. The number of hydrogen-bond donors (Lipinski definition) is 0. The van der Waals surface area contributed by atoms with Gasteiger partial charge in [0, 0.05) is 57.8 Å². The van der Waals surface area contributed by atoms with Crippen molar-refractivity contribution < 1.29 is 37.3 Å². The zero-order chi connectivity index (χ0) is 16.7. The molecule has 0 saturated heterocycles. The minimum atomic E-state index is -0.00472. The van der Waals surface area contributed by atoms with Crippen molar-refractivity contribution in [2.75, 3.05) is 6.54 Å². The van der Waals surface area contributed by atoms with Crippen molar-refractivity contribution >= 4 is 22.2 Å². The van der Waals surface area contributed by atoms with Crippen molar-refractivity contribution in [2.24, 2.45) is 0 Å². The van der Waals surface area contributed by atoms with E-state index in [9.17, 15) is 0 Å². The molecule has 3 aromatic carbocycles. The Hall–Kier alpha value is -1.31. The van der Waals surface area contributed by atoms with Crippen molar-refractivity contribution in [2.45, 2.75) is 25.7 Å². The molecule has 1 aliphatic rings. The zero-order valence-electron chi connectivity index (χ0n) is 15.0. The molecule has 1 aliphatic heterocycles. The van der Waals surface area contributed by atoms with Gasteiger partial charge in [0.1, 0.15) is 0 Å².